The Morgan fingerprint density at radius 3 is 1.31 bits per heavy atom. The smallest absolute Gasteiger partial charge is 0.230 e. The maximum absolute atomic E-state index is 12.2. The van der Waals surface area contributed by atoms with Gasteiger partial charge < -0.3 is 16.1 Å². The van der Waals surface area contributed by atoms with Crippen LogP contribution in [0.1, 0.15) is 45.0 Å². The van der Waals surface area contributed by atoms with Crippen LogP contribution in [0, 0.1) is 27.7 Å². The van der Waals surface area contributed by atoms with Gasteiger partial charge in [-0.25, -0.2) is 0 Å². The molecule has 0 atom stereocenters. The van der Waals surface area contributed by atoms with Crippen molar-refractivity contribution in [2.45, 2.75) is 40.5 Å². The fourth-order valence-corrected chi connectivity index (χ4v) is 4.82. The highest BCUT2D eigenvalue weighted by atomic mass is 16.2. The van der Waals surface area contributed by atoms with E-state index < -0.39 is 0 Å². The van der Waals surface area contributed by atoms with Crippen LogP contribution in [-0.4, -0.2) is 50.1 Å². The van der Waals surface area contributed by atoms with Crippen LogP contribution < -0.4 is 10.6 Å². The largest absolute Gasteiger partial charge is 0.412 e. The van der Waals surface area contributed by atoms with E-state index in [4.69, 9.17) is 0 Å². The topological polar surface area (TPSA) is 172 Å². The molecule has 51 heavy (non-hydrogen) atoms. The van der Waals surface area contributed by atoms with Crippen LogP contribution in [0.5, 0.6) is 0 Å². The molecule has 0 spiro atoms. The molecule has 2 amide bonds. The minimum atomic E-state index is -0.121. The molecule has 0 aliphatic carbocycles. The summed E-state index contributed by atoms with van der Waals surface area (Å²) in [6, 6.07) is 34.9. The van der Waals surface area contributed by atoms with Gasteiger partial charge in [0.15, 0.2) is 0 Å². The van der Waals surface area contributed by atoms with Crippen molar-refractivity contribution in [3.05, 3.63) is 154 Å². The van der Waals surface area contributed by atoms with E-state index in [-0.39, 0.29) is 30.1 Å². The summed E-state index contributed by atoms with van der Waals surface area (Å²) in [5, 5.41) is 19.7. The van der Waals surface area contributed by atoms with Crippen molar-refractivity contribution >= 4 is 47.0 Å². The number of benzene rings is 4. The van der Waals surface area contributed by atoms with Gasteiger partial charge >= 0.3 is 0 Å². The summed E-state index contributed by atoms with van der Waals surface area (Å²) in [6.45, 7) is 7.91. The summed E-state index contributed by atoms with van der Waals surface area (Å²) >= 11 is 0. The average molecular weight is 683 g/mol. The van der Waals surface area contributed by atoms with Crippen molar-refractivity contribution < 1.29 is 15.1 Å². The molecule has 0 fully saturated rings. The third kappa shape index (κ3) is 11.9. The van der Waals surface area contributed by atoms with E-state index in [0.29, 0.717) is 11.4 Å². The second-order valence-corrected chi connectivity index (χ2v) is 11.9. The number of aromatic nitrogens is 4. The van der Waals surface area contributed by atoms with Gasteiger partial charge in [0.25, 0.3) is 0 Å². The highest BCUT2D eigenvalue weighted by Gasteiger charge is 2.10. The fourth-order valence-electron chi connectivity index (χ4n) is 4.82. The first kappa shape index (κ1) is 37.4. The van der Waals surface area contributed by atoms with E-state index in [1.165, 1.54) is 11.1 Å². The monoisotopic (exact) mass is 682 g/mol. The lowest BCUT2D eigenvalue weighted by molar-refractivity contribution is -0.116. The molecule has 2 aromatic heterocycles. The molecule has 0 saturated carbocycles. The van der Waals surface area contributed by atoms with Gasteiger partial charge in [0, 0.05) is 23.8 Å². The predicted molar refractivity (Wildman–Crippen MR) is 205 cm³/mol. The van der Waals surface area contributed by atoms with Crippen LogP contribution in [0.2, 0.25) is 0 Å². The normalized spacial score (nSPS) is 10.7. The molecule has 4 aromatic carbocycles. The number of rotatable bonds is 10. The summed E-state index contributed by atoms with van der Waals surface area (Å²) in [5.41, 5.74) is 10.5. The van der Waals surface area contributed by atoms with Gasteiger partial charge in [0.1, 0.15) is 0 Å². The molecule has 6 aromatic rings. The van der Waals surface area contributed by atoms with Crippen LogP contribution in [0.4, 0.5) is 22.7 Å². The Kier molecular flexibility index (Phi) is 13.4. The molecule has 0 saturated heterocycles. The maximum Gasteiger partial charge on any atom is 0.230 e. The van der Waals surface area contributed by atoms with E-state index in [1.54, 1.807) is 12.4 Å². The number of nitrogens with one attached hydrogen (secondary N) is 4. The van der Waals surface area contributed by atoms with Gasteiger partial charge in [-0.2, -0.15) is 10.2 Å². The van der Waals surface area contributed by atoms with Crippen molar-refractivity contribution in [3.8, 4) is 0 Å². The summed E-state index contributed by atoms with van der Waals surface area (Å²) < 4.78 is 0. The fraction of sp³-hybridized carbons (Fsp3) is 0.150. The summed E-state index contributed by atoms with van der Waals surface area (Å²) in [7, 11) is 0. The number of nitrogens with zero attached hydrogens (tertiary/aromatic N) is 4. The number of anilines is 2. The van der Waals surface area contributed by atoms with Gasteiger partial charge in [0.2, 0.25) is 11.8 Å². The van der Waals surface area contributed by atoms with E-state index in [0.717, 1.165) is 45.3 Å². The molecule has 2 heterocycles. The molecule has 0 bridgehead atoms. The molecule has 11 heteroatoms. The van der Waals surface area contributed by atoms with E-state index in [1.807, 2.05) is 137 Å². The molecule has 0 aliphatic heterocycles. The second kappa shape index (κ2) is 18.3. The quantitative estimate of drug-likeness (QED) is 0.113. The number of carbonyl (C=O) groups excluding carboxylic acids is 2. The van der Waals surface area contributed by atoms with Crippen molar-refractivity contribution in [1.82, 2.24) is 20.4 Å². The van der Waals surface area contributed by atoms with Crippen LogP contribution in [0.3, 0.4) is 0 Å². The Hall–Kier alpha value is -6.46. The zero-order chi connectivity index (χ0) is 35.3. The molecule has 6 N–H and O–H groups in total. The SMILES string of the molecule is Cc1ccc(C=Nc2ccccc2NC(=O)Cc2cc(C)[nH]n2)cc1.Cc1ccc(C=Nc2ccccc2NC(=O)Cc2cc(C)[nH]n2)cc1.O. The number of aliphatic imine (C=N–C) groups is 2. The lowest BCUT2D eigenvalue weighted by Gasteiger charge is -2.07. The first-order chi connectivity index (χ1) is 24.2. The van der Waals surface area contributed by atoms with E-state index in [9.17, 15) is 9.59 Å². The predicted octanol–water partition coefficient (Wildman–Crippen LogP) is 7.09. The van der Waals surface area contributed by atoms with Crippen LogP contribution in [-0.2, 0) is 22.4 Å². The first-order valence-electron chi connectivity index (χ1n) is 16.2. The number of H-pyrrole nitrogens is 2. The third-order valence-electron chi connectivity index (χ3n) is 7.42. The number of hydrogen-bond donors (Lipinski definition) is 4. The Balaban J connectivity index is 0.000000224. The minimum Gasteiger partial charge on any atom is -0.412 e. The molecule has 6 rings (SSSR count). The zero-order valence-electron chi connectivity index (χ0n) is 29.1. The van der Waals surface area contributed by atoms with Gasteiger partial charge in [-0.3, -0.25) is 29.8 Å². The van der Waals surface area contributed by atoms with E-state index in [2.05, 4.69) is 41.0 Å². The first-order valence-corrected chi connectivity index (χ1v) is 16.2. The highest BCUT2D eigenvalue weighted by Crippen LogP contribution is 2.25. The lowest BCUT2D eigenvalue weighted by Crippen LogP contribution is -2.14. The Bertz CT molecular complexity index is 1940. The van der Waals surface area contributed by atoms with Gasteiger partial charge in [-0.15, -0.1) is 0 Å². The zero-order valence-corrected chi connectivity index (χ0v) is 29.1. The molecule has 11 nitrogen and oxygen atoms in total. The number of aromatic amines is 2. The van der Waals surface area contributed by atoms with Crippen LogP contribution in [0.25, 0.3) is 0 Å². The summed E-state index contributed by atoms with van der Waals surface area (Å²) in [6.07, 6.45) is 4.03. The van der Waals surface area contributed by atoms with Crippen LogP contribution >= 0.6 is 0 Å². The second-order valence-electron chi connectivity index (χ2n) is 11.9. The molecule has 0 aliphatic rings. The number of amides is 2. The van der Waals surface area contributed by atoms with Gasteiger partial charge in [0.05, 0.1) is 47.0 Å². The summed E-state index contributed by atoms with van der Waals surface area (Å²) in [4.78, 5) is 33.5. The number of hydrogen-bond acceptors (Lipinski definition) is 6. The lowest BCUT2D eigenvalue weighted by atomic mass is 10.2. The number of para-hydroxylation sites is 4. The van der Waals surface area contributed by atoms with Crippen molar-refractivity contribution in [2.75, 3.05) is 10.6 Å². The Morgan fingerprint density at radius 1 is 0.588 bits per heavy atom. The molecule has 0 radical (unpaired) electrons. The minimum absolute atomic E-state index is 0. The molecule has 0 unspecified atom stereocenters. The number of carbonyl (C=O) groups is 2. The van der Waals surface area contributed by atoms with Gasteiger partial charge in [-0.05, 0) is 75.2 Å². The Labute approximate surface area is 297 Å². The molecular formula is C40H42N8O3. The van der Waals surface area contributed by atoms with Crippen molar-refractivity contribution in [2.24, 2.45) is 9.98 Å². The van der Waals surface area contributed by atoms with Gasteiger partial charge in [-0.1, -0.05) is 83.9 Å². The average Bonchev–Trinajstić information content (AvgIpc) is 3.71. The molecule has 260 valence electrons. The Morgan fingerprint density at radius 2 is 0.961 bits per heavy atom. The maximum atomic E-state index is 12.2. The van der Waals surface area contributed by atoms with E-state index >= 15 is 0 Å². The summed E-state index contributed by atoms with van der Waals surface area (Å²) in [5.74, 6) is -0.242. The molecular weight excluding hydrogens is 640 g/mol. The third-order valence-corrected chi connectivity index (χ3v) is 7.42. The highest BCUT2D eigenvalue weighted by molar-refractivity contribution is 5.96. The van der Waals surface area contributed by atoms with Crippen molar-refractivity contribution in [1.29, 1.82) is 0 Å². The van der Waals surface area contributed by atoms with Crippen molar-refractivity contribution in [3.63, 3.8) is 0 Å². The number of aryl methyl sites for hydroxylation is 4. The van der Waals surface area contributed by atoms with Crippen LogP contribution in [0.15, 0.2) is 119 Å². The standard InChI is InChI=1S/2C20H20N4O.H2O/c2*1-14-7-9-16(10-8-14)13-21-18-5-3-4-6-19(18)22-20(25)12-17-11-15(2)23-24-17;/h2*3-11,13H,12H2,1-2H3,(H,22,25)(H,23,24);1H2.